The fourth-order valence-corrected chi connectivity index (χ4v) is 4.43. The zero-order valence-electron chi connectivity index (χ0n) is 12.4. The van der Waals surface area contributed by atoms with E-state index in [1.165, 1.54) is 0 Å². The largest absolute Gasteiger partial charge is 0.490 e. The number of hydrogen-bond donors (Lipinski definition) is 1. The van der Waals surface area contributed by atoms with Crippen molar-refractivity contribution in [2.45, 2.75) is 26.4 Å². The lowest BCUT2D eigenvalue weighted by Crippen LogP contribution is -2.14. The van der Waals surface area contributed by atoms with Gasteiger partial charge in [0.05, 0.1) is 30.8 Å². The summed E-state index contributed by atoms with van der Waals surface area (Å²) in [7, 11) is -3.00. The van der Waals surface area contributed by atoms with Gasteiger partial charge in [0.25, 0.3) is 0 Å². The molecule has 0 aromatic heterocycles. The van der Waals surface area contributed by atoms with E-state index in [1.54, 1.807) is 18.2 Å². The first-order valence-corrected chi connectivity index (χ1v) is 9.07. The van der Waals surface area contributed by atoms with E-state index >= 15 is 0 Å². The van der Waals surface area contributed by atoms with Crippen LogP contribution in [0.2, 0.25) is 0 Å². The average Bonchev–Trinajstić information content (AvgIpc) is 2.81. The van der Waals surface area contributed by atoms with E-state index in [9.17, 15) is 13.5 Å². The molecule has 1 saturated heterocycles. The lowest BCUT2D eigenvalue weighted by Gasteiger charge is -2.19. The van der Waals surface area contributed by atoms with Gasteiger partial charge in [-0.05, 0) is 38.0 Å². The van der Waals surface area contributed by atoms with Crippen LogP contribution in [0.5, 0.6) is 11.5 Å². The quantitative estimate of drug-likeness (QED) is 0.869. The van der Waals surface area contributed by atoms with Gasteiger partial charge in [-0.1, -0.05) is 6.07 Å². The Hall–Kier alpha value is -1.27. The summed E-state index contributed by atoms with van der Waals surface area (Å²) in [5.41, 5.74) is 0.670. The predicted octanol–water partition coefficient (Wildman–Crippen LogP) is 1.95. The van der Waals surface area contributed by atoms with Crippen molar-refractivity contribution in [2.24, 2.45) is 5.92 Å². The third kappa shape index (κ3) is 3.89. The zero-order chi connectivity index (χ0) is 15.5. The van der Waals surface area contributed by atoms with Crippen LogP contribution >= 0.6 is 0 Å². The standard InChI is InChI=1S/C15H22O5S/c1-3-19-13-6-5-11(9-14(13)20-4-2)15(16)12-7-8-21(17,18)10-12/h5-6,9,12,15-16H,3-4,7-8,10H2,1-2H3. The van der Waals surface area contributed by atoms with Crippen molar-refractivity contribution in [3.63, 3.8) is 0 Å². The fraction of sp³-hybridized carbons (Fsp3) is 0.600. The second-order valence-corrected chi connectivity index (χ2v) is 7.41. The molecular formula is C15H22O5S. The van der Waals surface area contributed by atoms with Crippen LogP contribution in [0, 0.1) is 5.92 Å². The summed E-state index contributed by atoms with van der Waals surface area (Å²) in [5.74, 6) is 1.17. The monoisotopic (exact) mass is 314 g/mol. The maximum absolute atomic E-state index is 11.5. The van der Waals surface area contributed by atoms with Crippen LogP contribution in [0.25, 0.3) is 0 Å². The normalized spacial score (nSPS) is 22.0. The molecule has 1 aromatic rings. The minimum atomic E-state index is -3.00. The van der Waals surface area contributed by atoms with E-state index in [2.05, 4.69) is 0 Å². The Kier molecular flexibility index (Phi) is 5.11. The van der Waals surface area contributed by atoms with E-state index in [-0.39, 0.29) is 17.4 Å². The fourth-order valence-electron chi connectivity index (χ4n) is 2.60. The SMILES string of the molecule is CCOc1ccc(C(O)C2CCS(=O)(=O)C2)cc1OCC. The molecule has 0 aliphatic carbocycles. The highest BCUT2D eigenvalue weighted by Gasteiger charge is 2.33. The molecule has 1 aromatic carbocycles. The summed E-state index contributed by atoms with van der Waals surface area (Å²) >= 11 is 0. The summed E-state index contributed by atoms with van der Waals surface area (Å²) < 4.78 is 34.1. The number of rotatable bonds is 6. The second kappa shape index (κ2) is 6.66. The highest BCUT2D eigenvalue weighted by molar-refractivity contribution is 7.91. The molecule has 1 aliphatic heterocycles. The molecule has 5 nitrogen and oxygen atoms in total. The van der Waals surface area contributed by atoms with Gasteiger partial charge in [-0.25, -0.2) is 8.42 Å². The number of aliphatic hydroxyl groups excluding tert-OH is 1. The van der Waals surface area contributed by atoms with Crippen LogP contribution in [0.4, 0.5) is 0 Å². The van der Waals surface area contributed by atoms with Crippen molar-refractivity contribution in [2.75, 3.05) is 24.7 Å². The summed E-state index contributed by atoms with van der Waals surface area (Å²) in [5, 5.41) is 10.4. The summed E-state index contributed by atoms with van der Waals surface area (Å²) in [6.45, 7) is 4.80. The van der Waals surface area contributed by atoms with Gasteiger partial charge in [0.2, 0.25) is 0 Å². The van der Waals surface area contributed by atoms with Crippen molar-refractivity contribution in [3.8, 4) is 11.5 Å². The molecule has 0 spiro atoms. The Labute approximate surface area is 125 Å². The molecule has 2 atom stereocenters. The minimum absolute atomic E-state index is 0.0470. The van der Waals surface area contributed by atoms with Crippen molar-refractivity contribution in [3.05, 3.63) is 23.8 Å². The van der Waals surface area contributed by atoms with Gasteiger partial charge >= 0.3 is 0 Å². The van der Waals surface area contributed by atoms with Gasteiger partial charge in [0.15, 0.2) is 21.3 Å². The molecule has 2 unspecified atom stereocenters. The molecule has 6 heteroatoms. The smallest absolute Gasteiger partial charge is 0.161 e. The molecule has 118 valence electrons. The number of benzene rings is 1. The minimum Gasteiger partial charge on any atom is -0.490 e. The van der Waals surface area contributed by atoms with Crippen molar-refractivity contribution in [1.82, 2.24) is 0 Å². The summed E-state index contributed by atoms with van der Waals surface area (Å²) in [6.07, 6.45) is -0.294. The molecule has 21 heavy (non-hydrogen) atoms. The second-order valence-electron chi connectivity index (χ2n) is 5.18. The van der Waals surface area contributed by atoms with E-state index in [0.717, 1.165) is 0 Å². The summed E-state index contributed by atoms with van der Waals surface area (Å²) in [4.78, 5) is 0. The van der Waals surface area contributed by atoms with Crippen LogP contribution in [0.3, 0.4) is 0 Å². The molecule has 0 amide bonds. The molecule has 1 aliphatic rings. The number of aliphatic hydroxyl groups is 1. The molecule has 0 bridgehead atoms. The average molecular weight is 314 g/mol. The number of hydrogen-bond acceptors (Lipinski definition) is 5. The van der Waals surface area contributed by atoms with Crippen molar-refractivity contribution in [1.29, 1.82) is 0 Å². The molecule has 1 N–H and O–H groups in total. The zero-order valence-corrected chi connectivity index (χ0v) is 13.2. The molecule has 1 heterocycles. The maximum atomic E-state index is 11.5. The van der Waals surface area contributed by atoms with Gasteiger partial charge in [0, 0.05) is 5.92 Å². The molecule has 2 rings (SSSR count). The Morgan fingerprint density at radius 3 is 2.48 bits per heavy atom. The number of ether oxygens (including phenoxy) is 2. The van der Waals surface area contributed by atoms with E-state index in [4.69, 9.17) is 9.47 Å². The van der Waals surface area contributed by atoms with E-state index in [1.807, 2.05) is 13.8 Å². The lowest BCUT2D eigenvalue weighted by atomic mass is 9.95. The van der Waals surface area contributed by atoms with Crippen molar-refractivity contribution >= 4 is 9.84 Å². The van der Waals surface area contributed by atoms with E-state index < -0.39 is 15.9 Å². The topological polar surface area (TPSA) is 72.8 Å². The highest BCUT2D eigenvalue weighted by atomic mass is 32.2. The molecule has 0 saturated carbocycles. The Morgan fingerprint density at radius 2 is 1.90 bits per heavy atom. The van der Waals surface area contributed by atoms with Crippen LogP contribution in [-0.2, 0) is 9.84 Å². The third-order valence-electron chi connectivity index (χ3n) is 3.62. The highest BCUT2D eigenvalue weighted by Crippen LogP contribution is 2.36. The van der Waals surface area contributed by atoms with Crippen LogP contribution in [-0.4, -0.2) is 38.2 Å². The predicted molar refractivity (Wildman–Crippen MR) is 80.5 cm³/mol. The van der Waals surface area contributed by atoms with Gasteiger partial charge in [-0.2, -0.15) is 0 Å². The van der Waals surface area contributed by atoms with Crippen molar-refractivity contribution < 1.29 is 23.0 Å². The van der Waals surface area contributed by atoms with Gasteiger partial charge < -0.3 is 14.6 Å². The van der Waals surface area contributed by atoms with Gasteiger partial charge in [-0.3, -0.25) is 0 Å². The first kappa shape index (κ1) is 16.1. The molecule has 1 fully saturated rings. The Bertz CT molecular complexity index is 582. The molecule has 0 radical (unpaired) electrons. The third-order valence-corrected chi connectivity index (χ3v) is 5.42. The Balaban J connectivity index is 2.21. The van der Waals surface area contributed by atoms with Crippen LogP contribution in [0.15, 0.2) is 18.2 Å². The van der Waals surface area contributed by atoms with E-state index in [0.29, 0.717) is 36.7 Å². The van der Waals surface area contributed by atoms with Crippen LogP contribution in [0.1, 0.15) is 31.9 Å². The molecular weight excluding hydrogens is 292 g/mol. The van der Waals surface area contributed by atoms with Crippen LogP contribution < -0.4 is 9.47 Å². The van der Waals surface area contributed by atoms with Gasteiger partial charge in [0.1, 0.15) is 0 Å². The maximum Gasteiger partial charge on any atom is 0.161 e. The summed E-state index contributed by atoms with van der Waals surface area (Å²) in [6, 6.07) is 5.27. The number of sulfone groups is 1. The van der Waals surface area contributed by atoms with Gasteiger partial charge in [-0.15, -0.1) is 0 Å². The Morgan fingerprint density at radius 1 is 1.24 bits per heavy atom. The lowest BCUT2D eigenvalue weighted by molar-refractivity contribution is 0.120. The first-order valence-electron chi connectivity index (χ1n) is 7.25. The first-order chi connectivity index (χ1) is 9.96.